The van der Waals surface area contributed by atoms with Crippen LogP contribution in [0.1, 0.15) is 16.7 Å². The number of amides is 1. The molecule has 0 bridgehead atoms. The number of nitrogens with two attached hydrogens (primary N) is 1. The third-order valence-electron chi connectivity index (χ3n) is 4.43. The highest BCUT2D eigenvalue weighted by molar-refractivity contribution is 5.81. The molecule has 0 fully saturated rings. The number of carbonyl (C=O) groups is 1. The first-order valence-corrected chi connectivity index (χ1v) is 7.59. The third-order valence-corrected chi connectivity index (χ3v) is 4.43. The summed E-state index contributed by atoms with van der Waals surface area (Å²) in [6.07, 6.45) is 5.89. The van der Waals surface area contributed by atoms with Gasteiger partial charge in [0.15, 0.2) is 5.65 Å². The maximum Gasteiger partial charge on any atom is 0.235 e. The van der Waals surface area contributed by atoms with E-state index >= 15 is 0 Å². The maximum absolute atomic E-state index is 11.9. The molecule has 2 aromatic heterocycles. The Bertz CT molecular complexity index is 872. The van der Waals surface area contributed by atoms with Crippen molar-refractivity contribution in [2.24, 2.45) is 5.73 Å². The molecule has 1 aliphatic rings. The number of primary amides is 1. The Kier molecular flexibility index (Phi) is 3.31. The van der Waals surface area contributed by atoms with Crippen LogP contribution in [0.25, 0.3) is 11.2 Å². The average Bonchev–Trinajstić information content (AvgIpc) is 2.97. The summed E-state index contributed by atoms with van der Waals surface area (Å²) >= 11 is 0. The molecular weight excluding hydrogens is 290 g/mol. The lowest BCUT2D eigenvalue weighted by molar-refractivity contribution is -0.124. The van der Waals surface area contributed by atoms with Crippen LogP contribution in [-0.2, 0) is 24.3 Å². The number of H-pyrrole nitrogens is 1. The van der Waals surface area contributed by atoms with E-state index in [4.69, 9.17) is 5.73 Å². The standard InChI is InChI=1S/C17H17N5O/c18-16(23)14-7-11-3-1-2-4-12(11)9-22(14)10-13-8-21-17-15(13)19-5-6-20-17/h1-6,8,14H,7,9-10H2,(H2,18,23)(H,20,21). The van der Waals surface area contributed by atoms with Crippen LogP contribution in [0.4, 0.5) is 0 Å². The number of aromatic nitrogens is 3. The lowest BCUT2D eigenvalue weighted by Crippen LogP contribution is -2.48. The summed E-state index contributed by atoms with van der Waals surface area (Å²) in [4.78, 5) is 25.8. The second-order valence-electron chi connectivity index (χ2n) is 5.86. The first-order chi connectivity index (χ1) is 11.2. The largest absolute Gasteiger partial charge is 0.368 e. The Morgan fingerprint density at radius 1 is 1.26 bits per heavy atom. The van der Waals surface area contributed by atoms with Crippen molar-refractivity contribution in [3.05, 3.63) is 59.5 Å². The normalized spacial score (nSPS) is 18.0. The molecule has 1 aliphatic heterocycles. The van der Waals surface area contributed by atoms with Gasteiger partial charge in [-0.3, -0.25) is 14.7 Å². The number of nitrogens with zero attached hydrogens (tertiary/aromatic N) is 3. The summed E-state index contributed by atoms with van der Waals surface area (Å²) in [5, 5.41) is 0. The maximum atomic E-state index is 11.9. The zero-order chi connectivity index (χ0) is 15.8. The van der Waals surface area contributed by atoms with Gasteiger partial charge in [0.1, 0.15) is 5.52 Å². The van der Waals surface area contributed by atoms with Crippen molar-refractivity contribution in [2.75, 3.05) is 0 Å². The fourth-order valence-corrected chi connectivity index (χ4v) is 3.27. The molecular formula is C17H17N5O. The van der Waals surface area contributed by atoms with E-state index in [0.717, 1.165) is 16.7 Å². The van der Waals surface area contributed by atoms with E-state index in [0.29, 0.717) is 19.5 Å². The number of fused-ring (bicyclic) bond motifs is 2. The van der Waals surface area contributed by atoms with E-state index in [1.54, 1.807) is 12.4 Å². The molecule has 0 radical (unpaired) electrons. The number of benzene rings is 1. The summed E-state index contributed by atoms with van der Waals surface area (Å²) in [6.45, 7) is 1.32. The van der Waals surface area contributed by atoms with Crippen molar-refractivity contribution in [1.82, 2.24) is 19.9 Å². The van der Waals surface area contributed by atoms with Gasteiger partial charge in [-0.25, -0.2) is 4.98 Å². The molecule has 1 aromatic carbocycles. The minimum absolute atomic E-state index is 0.287. The van der Waals surface area contributed by atoms with Crippen LogP contribution in [-0.4, -0.2) is 31.8 Å². The highest BCUT2D eigenvalue weighted by Crippen LogP contribution is 2.26. The molecule has 6 nitrogen and oxygen atoms in total. The van der Waals surface area contributed by atoms with Crippen molar-refractivity contribution in [2.45, 2.75) is 25.6 Å². The molecule has 1 amide bonds. The predicted octanol–water partition coefficient (Wildman–Crippen LogP) is 1.37. The van der Waals surface area contributed by atoms with Gasteiger partial charge in [-0.2, -0.15) is 0 Å². The summed E-state index contributed by atoms with van der Waals surface area (Å²) in [5.74, 6) is -0.287. The molecule has 116 valence electrons. The number of aromatic amines is 1. The molecule has 3 aromatic rings. The highest BCUT2D eigenvalue weighted by atomic mass is 16.1. The van der Waals surface area contributed by atoms with Crippen LogP contribution in [0.3, 0.4) is 0 Å². The van der Waals surface area contributed by atoms with Gasteiger partial charge < -0.3 is 10.7 Å². The van der Waals surface area contributed by atoms with Crippen molar-refractivity contribution in [3.8, 4) is 0 Å². The highest BCUT2D eigenvalue weighted by Gasteiger charge is 2.30. The molecule has 0 saturated heterocycles. The Morgan fingerprint density at radius 3 is 2.87 bits per heavy atom. The zero-order valence-corrected chi connectivity index (χ0v) is 12.6. The first-order valence-electron chi connectivity index (χ1n) is 7.59. The van der Waals surface area contributed by atoms with Crippen molar-refractivity contribution >= 4 is 17.1 Å². The summed E-state index contributed by atoms with van der Waals surface area (Å²) in [7, 11) is 0. The van der Waals surface area contributed by atoms with Gasteiger partial charge in [-0.15, -0.1) is 0 Å². The van der Waals surface area contributed by atoms with Crippen LogP contribution >= 0.6 is 0 Å². The van der Waals surface area contributed by atoms with E-state index in [2.05, 4.69) is 32.0 Å². The summed E-state index contributed by atoms with van der Waals surface area (Å²) in [5.41, 5.74) is 10.7. The molecule has 3 N–H and O–H groups in total. The van der Waals surface area contributed by atoms with Gasteiger partial charge in [0, 0.05) is 37.2 Å². The summed E-state index contributed by atoms with van der Waals surface area (Å²) in [6, 6.07) is 7.90. The second kappa shape index (κ2) is 5.48. The molecule has 4 rings (SSSR count). The average molecular weight is 307 g/mol. The Balaban J connectivity index is 1.68. The Hall–Kier alpha value is -2.73. The predicted molar refractivity (Wildman–Crippen MR) is 86.3 cm³/mol. The monoisotopic (exact) mass is 307 g/mol. The Morgan fingerprint density at radius 2 is 2.04 bits per heavy atom. The fraction of sp³-hybridized carbons (Fsp3) is 0.235. The van der Waals surface area contributed by atoms with Gasteiger partial charge in [-0.1, -0.05) is 24.3 Å². The van der Waals surface area contributed by atoms with Crippen LogP contribution in [0.2, 0.25) is 0 Å². The molecule has 0 spiro atoms. The van der Waals surface area contributed by atoms with E-state index in [9.17, 15) is 4.79 Å². The zero-order valence-electron chi connectivity index (χ0n) is 12.6. The molecule has 1 unspecified atom stereocenters. The molecule has 0 aliphatic carbocycles. The number of hydrogen-bond donors (Lipinski definition) is 2. The molecule has 0 saturated carbocycles. The molecule has 3 heterocycles. The van der Waals surface area contributed by atoms with Gasteiger partial charge >= 0.3 is 0 Å². The fourth-order valence-electron chi connectivity index (χ4n) is 3.27. The Labute approximate surface area is 133 Å². The smallest absolute Gasteiger partial charge is 0.235 e. The van der Waals surface area contributed by atoms with Gasteiger partial charge in [0.2, 0.25) is 5.91 Å². The number of nitrogens with one attached hydrogen (secondary N) is 1. The summed E-state index contributed by atoms with van der Waals surface area (Å²) < 4.78 is 0. The number of carbonyl (C=O) groups excluding carboxylic acids is 1. The van der Waals surface area contributed by atoms with E-state index in [1.165, 1.54) is 11.1 Å². The van der Waals surface area contributed by atoms with E-state index in [1.807, 2.05) is 18.3 Å². The molecule has 6 heteroatoms. The van der Waals surface area contributed by atoms with Crippen molar-refractivity contribution in [3.63, 3.8) is 0 Å². The van der Waals surface area contributed by atoms with Crippen molar-refractivity contribution < 1.29 is 4.79 Å². The van der Waals surface area contributed by atoms with Crippen LogP contribution in [0.15, 0.2) is 42.9 Å². The molecule has 23 heavy (non-hydrogen) atoms. The van der Waals surface area contributed by atoms with Crippen LogP contribution < -0.4 is 5.73 Å². The van der Waals surface area contributed by atoms with Gasteiger partial charge in [0.25, 0.3) is 0 Å². The van der Waals surface area contributed by atoms with Gasteiger partial charge in [-0.05, 0) is 17.5 Å². The quantitative estimate of drug-likeness (QED) is 0.765. The lowest BCUT2D eigenvalue weighted by atomic mass is 9.93. The van der Waals surface area contributed by atoms with Crippen LogP contribution in [0, 0.1) is 0 Å². The number of rotatable bonds is 3. The topological polar surface area (TPSA) is 87.9 Å². The SMILES string of the molecule is NC(=O)C1Cc2ccccc2CN1Cc1c[nH]c2nccnc12. The minimum atomic E-state index is -0.300. The third kappa shape index (κ3) is 2.47. The van der Waals surface area contributed by atoms with Crippen molar-refractivity contribution in [1.29, 1.82) is 0 Å². The van der Waals surface area contributed by atoms with E-state index in [-0.39, 0.29) is 11.9 Å². The van der Waals surface area contributed by atoms with E-state index < -0.39 is 0 Å². The minimum Gasteiger partial charge on any atom is -0.368 e. The number of hydrogen-bond acceptors (Lipinski definition) is 4. The van der Waals surface area contributed by atoms with Crippen LogP contribution in [0.5, 0.6) is 0 Å². The molecule has 1 atom stereocenters. The lowest BCUT2D eigenvalue weighted by Gasteiger charge is -2.34. The second-order valence-corrected chi connectivity index (χ2v) is 5.86. The van der Waals surface area contributed by atoms with Gasteiger partial charge in [0.05, 0.1) is 6.04 Å². The first kappa shape index (κ1) is 13.9.